The molecule has 0 spiro atoms. The van der Waals surface area contributed by atoms with Gasteiger partial charge in [-0.2, -0.15) is 0 Å². The first-order valence-corrected chi connectivity index (χ1v) is 2.20. The van der Waals surface area contributed by atoms with Gasteiger partial charge in [0.25, 0.3) is 0 Å². The van der Waals surface area contributed by atoms with Gasteiger partial charge in [0.15, 0.2) is 0 Å². The second-order valence-corrected chi connectivity index (χ2v) is 1.50. The number of rotatable bonds is 3. The van der Waals surface area contributed by atoms with E-state index in [2.05, 4.69) is 0 Å². The summed E-state index contributed by atoms with van der Waals surface area (Å²) in [6.45, 7) is 0. The summed E-state index contributed by atoms with van der Waals surface area (Å²) in [5.41, 5.74) is 4.73. The van der Waals surface area contributed by atoms with Crippen LogP contribution >= 0.6 is 0 Å². The number of aliphatic carboxylic acids is 2. The van der Waals surface area contributed by atoms with Crippen molar-refractivity contribution in [2.24, 2.45) is 5.73 Å². The van der Waals surface area contributed by atoms with Crippen molar-refractivity contribution in [2.45, 2.75) is 12.5 Å². The molecule has 0 rings (SSSR count). The smallest absolute Gasteiger partial charge is 0.550 e. The molecule has 0 saturated carbocycles. The summed E-state index contributed by atoms with van der Waals surface area (Å²) < 4.78 is 0. The van der Waals surface area contributed by atoms with Crippen LogP contribution in [0.15, 0.2) is 0 Å². The number of nitrogens with two attached hydrogens (primary N) is 1. The predicted octanol–water partition coefficient (Wildman–Crippen LogP) is -4.62. The number of carbonyl (C=O) groups is 2. The normalized spacial score (nSPS) is 10.3. The molecule has 0 aromatic heterocycles. The molecule has 11 heavy (non-hydrogen) atoms. The van der Waals surface area contributed by atoms with Crippen molar-refractivity contribution in [1.29, 1.82) is 0 Å². The van der Waals surface area contributed by atoms with Crippen molar-refractivity contribution < 1.29 is 44.8 Å². The summed E-state index contributed by atoms with van der Waals surface area (Å²) in [5, 5.41) is 19.3. The summed E-state index contributed by atoms with van der Waals surface area (Å²) in [5.74, 6) is -3.08. The molecule has 0 radical (unpaired) electrons. The second-order valence-electron chi connectivity index (χ2n) is 1.50. The molecule has 0 aliphatic rings. The third-order valence-electron chi connectivity index (χ3n) is 0.689. The second kappa shape index (κ2) is 7.59. The van der Waals surface area contributed by atoms with E-state index in [1.807, 2.05) is 0 Å². The van der Waals surface area contributed by atoms with E-state index in [1.54, 1.807) is 0 Å². The van der Waals surface area contributed by atoms with E-state index in [0.29, 0.717) is 0 Å². The van der Waals surface area contributed by atoms with Gasteiger partial charge in [0, 0.05) is 18.4 Å². The maximum Gasteiger partial charge on any atom is 2.00 e. The Bertz CT molecular complexity index is 138. The van der Waals surface area contributed by atoms with Gasteiger partial charge in [0.1, 0.15) is 0 Å². The standard InChI is InChI=1S/C4H7NO4.H2O.Zn/c5-2(4(8)9)1-3(6)7;;/h2H,1,5H2,(H,6,7)(H,8,9);1H2;/q;;+2/p-2. The topological polar surface area (TPSA) is 138 Å². The molecule has 0 fully saturated rings. The molecule has 0 aliphatic heterocycles. The number of hydrogen-bond acceptors (Lipinski definition) is 5. The molecule has 0 bridgehead atoms. The van der Waals surface area contributed by atoms with E-state index >= 15 is 0 Å². The molecule has 7 heteroatoms. The molecule has 0 amide bonds. The van der Waals surface area contributed by atoms with E-state index in [-0.39, 0.29) is 25.0 Å². The molecule has 60 valence electrons. The van der Waals surface area contributed by atoms with E-state index in [1.165, 1.54) is 0 Å². The first-order chi connectivity index (χ1) is 4.04. The van der Waals surface area contributed by atoms with Gasteiger partial charge >= 0.3 is 19.5 Å². The van der Waals surface area contributed by atoms with E-state index in [9.17, 15) is 19.8 Å². The Labute approximate surface area is 75.4 Å². The van der Waals surface area contributed by atoms with Crippen LogP contribution in [0.5, 0.6) is 0 Å². The minimum Gasteiger partial charge on any atom is -0.550 e. The Hall–Kier alpha value is -0.517. The van der Waals surface area contributed by atoms with Crippen LogP contribution in [0.25, 0.3) is 0 Å². The number of carboxylic acid groups (broad SMARTS) is 2. The van der Waals surface area contributed by atoms with Crippen LogP contribution in [-0.4, -0.2) is 23.5 Å². The van der Waals surface area contributed by atoms with Gasteiger partial charge < -0.3 is 31.0 Å². The van der Waals surface area contributed by atoms with Gasteiger partial charge in [0.05, 0.1) is 5.97 Å². The van der Waals surface area contributed by atoms with Crippen molar-refractivity contribution >= 4 is 11.9 Å². The van der Waals surface area contributed by atoms with Crippen LogP contribution in [0.3, 0.4) is 0 Å². The number of carbonyl (C=O) groups excluding carboxylic acids is 2. The number of carboxylic acids is 2. The van der Waals surface area contributed by atoms with Crippen molar-refractivity contribution in [3.63, 3.8) is 0 Å². The molecule has 6 nitrogen and oxygen atoms in total. The summed E-state index contributed by atoms with van der Waals surface area (Å²) in [6.07, 6.45) is -0.706. The fourth-order valence-electron chi connectivity index (χ4n) is 0.263. The van der Waals surface area contributed by atoms with Gasteiger partial charge in [-0.15, -0.1) is 0 Å². The molecule has 1 unspecified atom stereocenters. The van der Waals surface area contributed by atoms with E-state index in [0.717, 1.165) is 0 Å². The zero-order chi connectivity index (χ0) is 7.44. The largest absolute Gasteiger partial charge is 2.00 e. The van der Waals surface area contributed by atoms with Crippen molar-refractivity contribution in [1.82, 2.24) is 0 Å². The SMILES string of the molecule is NC(CC(=O)[O-])C(=O)[O-].O.[Zn+2]. The third kappa shape index (κ3) is 9.48. The Morgan fingerprint density at radius 3 is 1.82 bits per heavy atom. The van der Waals surface area contributed by atoms with Crippen LogP contribution in [0.2, 0.25) is 0 Å². The molecular formula is C4H7NO5Zn. The quantitative estimate of drug-likeness (QED) is 0.471. The van der Waals surface area contributed by atoms with Crippen LogP contribution in [-0.2, 0) is 29.1 Å². The molecule has 0 aliphatic carbocycles. The van der Waals surface area contributed by atoms with Crippen LogP contribution in [0.4, 0.5) is 0 Å². The summed E-state index contributed by atoms with van der Waals surface area (Å²) in [7, 11) is 0. The van der Waals surface area contributed by atoms with Crippen LogP contribution in [0, 0.1) is 0 Å². The van der Waals surface area contributed by atoms with Gasteiger partial charge in [-0.1, -0.05) is 0 Å². The first kappa shape index (κ1) is 16.8. The Balaban J connectivity index is -0.000000320. The molecule has 0 aromatic rings. The summed E-state index contributed by atoms with van der Waals surface area (Å²) in [6, 6.07) is -1.46. The zero-order valence-electron chi connectivity index (χ0n) is 5.70. The minimum atomic E-state index is -1.58. The minimum absolute atomic E-state index is 0. The van der Waals surface area contributed by atoms with Crippen molar-refractivity contribution in [3.05, 3.63) is 0 Å². The Morgan fingerprint density at radius 2 is 1.73 bits per heavy atom. The van der Waals surface area contributed by atoms with Gasteiger partial charge in [-0.05, 0) is 0 Å². The predicted molar refractivity (Wildman–Crippen MR) is 26.2 cm³/mol. The van der Waals surface area contributed by atoms with Gasteiger partial charge in [-0.3, -0.25) is 0 Å². The molecule has 0 heterocycles. The zero-order valence-corrected chi connectivity index (χ0v) is 8.67. The maximum absolute atomic E-state index is 9.71. The van der Waals surface area contributed by atoms with E-state index in [4.69, 9.17) is 5.73 Å². The van der Waals surface area contributed by atoms with E-state index < -0.39 is 24.4 Å². The Morgan fingerprint density at radius 1 is 1.36 bits per heavy atom. The average molecular weight is 214 g/mol. The number of hydrogen-bond donors (Lipinski definition) is 1. The molecular weight excluding hydrogens is 207 g/mol. The van der Waals surface area contributed by atoms with Crippen LogP contribution < -0.4 is 15.9 Å². The maximum atomic E-state index is 9.71. The molecule has 0 saturated heterocycles. The van der Waals surface area contributed by atoms with Crippen LogP contribution in [0.1, 0.15) is 6.42 Å². The van der Waals surface area contributed by atoms with Gasteiger partial charge in [-0.25, -0.2) is 0 Å². The molecule has 4 N–H and O–H groups in total. The Kier molecular flexibility index (Phi) is 11.6. The average Bonchev–Trinajstić information content (AvgIpc) is 1.63. The molecule has 1 atom stereocenters. The third-order valence-corrected chi connectivity index (χ3v) is 0.689. The molecule has 0 aromatic carbocycles. The van der Waals surface area contributed by atoms with Crippen molar-refractivity contribution in [3.8, 4) is 0 Å². The van der Waals surface area contributed by atoms with Crippen molar-refractivity contribution in [2.75, 3.05) is 0 Å². The summed E-state index contributed by atoms with van der Waals surface area (Å²) >= 11 is 0. The van der Waals surface area contributed by atoms with Gasteiger partial charge in [0.2, 0.25) is 0 Å². The summed E-state index contributed by atoms with van der Waals surface area (Å²) in [4.78, 5) is 19.3. The monoisotopic (exact) mass is 213 g/mol. The first-order valence-electron chi connectivity index (χ1n) is 2.20. The fraction of sp³-hybridized carbons (Fsp3) is 0.500. The fourth-order valence-corrected chi connectivity index (χ4v) is 0.263.